The fraction of sp³-hybridized carbons (Fsp3) is 0.483. The van der Waals surface area contributed by atoms with Crippen molar-refractivity contribution in [3.05, 3.63) is 53.9 Å². The van der Waals surface area contributed by atoms with Gasteiger partial charge in [0.1, 0.15) is 17.5 Å². The Morgan fingerprint density at radius 1 is 1.13 bits per heavy atom. The molecule has 0 spiro atoms. The van der Waals surface area contributed by atoms with Crippen LogP contribution in [0.2, 0.25) is 0 Å². The number of nitrogens with one attached hydrogen (secondary N) is 3. The molecule has 4 N–H and O–H groups in total. The van der Waals surface area contributed by atoms with Crippen LogP contribution in [0.1, 0.15) is 50.8 Å². The van der Waals surface area contributed by atoms with E-state index in [-0.39, 0.29) is 11.7 Å². The zero-order chi connectivity index (χ0) is 27.6. The minimum Gasteiger partial charge on any atom is -0.370 e. The molecular weight excluding hydrogens is 494 g/mol. The van der Waals surface area contributed by atoms with Crippen molar-refractivity contribution in [1.82, 2.24) is 20.2 Å². The van der Waals surface area contributed by atoms with Crippen molar-refractivity contribution < 1.29 is 19.5 Å². The van der Waals surface area contributed by atoms with Crippen molar-refractivity contribution in [3.8, 4) is 0 Å². The molecule has 0 radical (unpaired) electrons. The fourth-order valence-electron chi connectivity index (χ4n) is 4.91. The van der Waals surface area contributed by atoms with Crippen LogP contribution in [0.4, 0.5) is 11.6 Å². The van der Waals surface area contributed by atoms with E-state index in [0.29, 0.717) is 42.9 Å². The summed E-state index contributed by atoms with van der Waals surface area (Å²) < 4.78 is 1.04. The maximum atomic E-state index is 12.5. The second kappa shape index (κ2) is 13.8. The smallest absolute Gasteiger partial charge is 0.333 e. The molecule has 3 heterocycles. The van der Waals surface area contributed by atoms with Gasteiger partial charge in [-0.2, -0.15) is 0 Å². The zero-order valence-corrected chi connectivity index (χ0v) is 22.9. The number of pyridine rings is 1. The van der Waals surface area contributed by atoms with Crippen molar-refractivity contribution in [2.24, 2.45) is 0 Å². The molecule has 0 fully saturated rings. The van der Waals surface area contributed by atoms with Gasteiger partial charge in [0, 0.05) is 45.2 Å². The molecule has 10 nitrogen and oxygen atoms in total. The molecule has 3 aromatic rings. The molecule has 208 valence electrons. The first-order chi connectivity index (χ1) is 18.9. The molecule has 0 saturated heterocycles. The van der Waals surface area contributed by atoms with E-state index in [1.165, 1.54) is 18.7 Å². The maximum Gasteiger partial charge on any atom is 0.333 e. The van der Waals surface area contributed by atoms with E-state index in [9.17, 15) is 14.8 Å². The molecule has 1 atom stereocenters. The Hall–Kier alpha value is -3.79. The van der Waals surface area contributed by atoms with Crippen molar-refractivity contribution in [2.45, 2.75) is 58.4 Å². The zero-order valence-electron chi connectivity index (χ0n) is 22.9. The van der Waals surface area contributed by atoms with E-state index in [1.54, 1.807) is 13.0 Å². The van der Waals surface area contributed by atoms with Gasteiger partial charge in [0.2, 0.25) is 5.91 Å². The highest BCUT2D eigenvalue weighted by molar-refractivity contribution is 5.84. The molecule has 1 aliphatic heterocycles. The maximum absolute atomic E-state index is 12.5. The molecule has 4 rings (SSSR count). The Morgan fingerprint density at radius 3 is 2.79 bits per heavy atom. The quantitative estimate of drug-likeness (QED) is 0.141. The number of hydrogen-bond acceptors (Lipinski definition) is 8. The summed E-state index contributed by atoms with van der Waals surface area (Å²) in [5, 5.41) is 20.1. The summed E-state index contributed by atoms with van der Waals surface area (Å²) in [5.74, 6) is 1.33. The van der Waals surface area contributed by atoms with Crippen LogP contribution in [0.5, 0.6) is 0 Å². The molecule has 1 aliphatic rings. The fourth-order valence-corrected chi connectivity index (χ4v) is 4.91. The van der Waals surface area contributed by atoms with Gasteiger partial charge in [-0.05, 0) is 74.1 Å². The van der Waals surface area contributed by atoms with Gasteiger partial charge in [-0.1, -0.05) is 18.2 Å². The van der Waals surface area contributed by atoms with Gasteiger partial charge in [-0.3, -0.25) is 14.9 Å². The molecule has 0 bridgehead atoms. The number of anilines is 2. The van der Waals surface area contributed by atoms with E-state index < -0.39 is 6.04 Å². The largest absolute Gasteiger partial charge is 0.370 e. The third kappa shape index (κ3) is 8.10. The SMILES string of the molecule is CC(=O)NCCN(CCCCc1ccc2c(n1)NCCC2)CC[C@H](Nc1cnc2ccccc2[n+]1O)C(C)=O. The van der Waals surface area contributed by atoms with Gasteiger partial charge < -0.3 is 20.7 Å². The first-order valence-electron chi connectivity index (χ1n) is 13.9. The van der Waals surface area contributed by atoms with Gasteiger partial charge in [0.25, 0.3) is 0 Å². The van der Waals surface area contributed by atoms with E-state index in [1.807, 2.05) is 18.2 Å². The summed E-state index contributed by atoms with van der Waals surface area (Å²) in [7, 11) is 0. The number of nitrogens with zero attached hydrogens (tertiary/aromatic N) is 4. The van der Waals surface area contributed by atoms with Gasteiger partial charge in [-0.15, -0.1) is 0 Å². The Kier molecular flexibility index (Phi) is 10.0. The predicted molar refractivity (Wildman–Crippen MR) is 151 cm³/mol. The Bertz CT molecular complexity index is 1280. The highest BCUT2D eigenvalue weighted by Gasteiger charge is 2.24. The number of unbranched alkanes of at least 4 members (excludes halogenated alkanes) is 1. The second-order valence-electron chi connectivity index (χ2n) is 10.2. The molecule has 0 aliphatic carbocycles. The molecular formula is C29H40N7O3+. The van der Waals surface area contributed by atoms with Gasteiger partial charge in [0.15, 0.2) is 17.3 Å². The Balaban J connectivity index is 1.32. The number of carbonyl (C=O) groups is 2. The first-order valence-corrected chi connectivity index (χ1v) is 13.9. The number of amides is 1. The lowest BCUT2D eigenvalue weighted by Gasteiger charge is -2.24. The van der Waals surface area contributed by atoms with E-state index in [2.05, 4.69) is 38.0 Å². The third-order valence-electron chi connectivity index (χ3n) is 7.12. The third-order valence-corrected chi connectivity index (χ3v) is 7.12. The summed E-state index contributed by atoms with van der Waals surface area (Å²) in [6.07, 6.45) is 7.24. The Morgan fingerprint density at radius 2 is 1.97 bits per heavy atom. The molecule has 2 aromatic heterocycles. The molecule has 0 saturated carbocycles. The van der Waals surface area contributed by atoms with Crippen LogP contribution in [-0.4, -0.2) is 70.5 Å². The number of para-hydroxylation sites is 2. The summed E-state index contributed by atoms with van der Waals surface area (Å²) in [5.41, 5.74) is 3.63. The number of rotatable bonds is 14. The van der Waals surface area contributed by atoms with Gasteiger partial charge in [-0.25, -0.2) is 9.97 Å². The second-order valence-corrected chi connectivity index (χ2v) is 10.2. The normalized spacial score (nSPS) is 13.5. The van der Waals surface area contributed by atoms with Gasteiger partial charge >= 0.3 is 5.82 Å². The van der Waals surface area contributed by atoms with Crippen molar-refractivity contribution in [1.29, 1.82) is 0 Å². The lowest BCUT2D eigenvalue weighted by atomic mass is 10.1. The van der Waals surface area contributed by atoms with Crippen molar-refractivity contribution >= 4 is 34.4 Å². The van der Waals surface area contributed by atoms with E-state index in [4.69, 9.17) is 4.98 Å². The van der Waals surface area contributed by atoms with Crippen LogP contribution in [0.25, 0.3) is 11.0 Å². The molecule has 1 amide bonds. The molecule has 39 heavy (non-hydrogen) atoms. The highest BCUT2D eigenvalue weighted by Crippen LogP contribution is 2.20. The van der Waals surface area contributed by atoms with E-state index in [0.717, 1.165) is 61.4 Å². The lowest BCUT2D eigenvalue weighted by Crippen LogP contribution is -2.42. The van der Waals surface area contributed by atoms with Crippen LogP contribution >= 0.6 is 0 Å². The van der Waals surface area contributed by atoms with Crippen LogP contribution in [0, 0.1) is 0 Å². The van der Waals surface area contributed by atoms with Crippen LogP contribution in [0.15, 0.2) is 42.6 Å². The summed E-state index contributed by atoms with van der Waals surface area (Å²) >= 11 is 0. The van der Waals surface area contributed by atoms with Gasteiger partial charge in [0.05, 0.1) is 0 Å². The molecule has 1 aromatic carbocycles. The number of fused-ring (bicyclic) bond motifs is 2. The summed E-state index contributed by atoms with van der Waals surface area (Å²) in [4.78, 5) is 35.4. The number of benzene rings is 1. The minimum atomic E-state index is -0.484. The lowest BCUT2D eigenvalue weighted by molar-refractivity contribution is -0.873. The Labute approximate surface area is 229 Å². The monoisotopic (exact) mass is 534 g/mol. The number of aromatic nitrogens is 3. The number of Topliss-reactive ketones (excluding diaryl/α,β-unsaturated/α-hetero) is 1. The highest BCUT2D eigenvalue weighted by atomic mass is 16.5. The predicted octanol–water partition coefficient (Wildman–Crippen LogP) is 2.73. The standard InChI is InChI=1S/C29H39N7O3/c1-21(37)25(34-28-20-32-26-10-3-4-11-27(26)36(28)39)14-18-35(19-16-30-22(2)38)17-6-5-9-24-13-12-23-8-7-15-31-29(23)33-24/h3-4,10-13,20,25,39H,5-9,14-19H2,1-2H3,(H2,30,31,33,38)/p+1/t25-/m0/s1. The number of carbonyl (C=O) groups excluding carboxylic acids is 2. The average molecular weight is 535 g/mol. The molecule has 10 heteroatoms. The number of aryl methyl sites for hydroxylation is 2. The van der Waals surface area contributed by atoms with Crippen LogP contribution < -0.4 is 20.7 Å². The van der Waals surface area contributed by atoms with E-state index >= 15 is 0 Å². The summed E-state index contributed by atoms with van der Waals surface area (Å²) in [6.45, 7) is 6.82. The number of hydrogen-bond donors (Lipinski definition) is 4. The van der Waals surface area contributed by atoms with Crippen molar-refractivity contribution in [2.75, 3.05) is 43.4 Å². The minimum absolute atomic E-state index is 0.0166. The topological polar surface area (TPSA) is 123 Å². The van der Waals surface area contributed by atoms with Crippen molar-refractivity contribution in [3.63, 3.8) is 0 Å². The summed E-state index contributed by atoms with van der Waals surface area (Å²) in [6, 6.07) is 11.1. The molecule has 0 unspecified atom stereocenters. The first kappa shape index (κ1) is 28.2. The number of ketones is 1. The van der Waals surface area contributed by atoms with Crippen LogP contribution in [-0.2, 0) is 22.4 Å². The van der Waals surface area contributed by atoms with Crippen LogP contribution in [0.3, 0.4) is 0 Å². The average Bonchev–Trinajstić information content (AvgIpc) is 2.93.